The Morgan fingerprint density at radius 3 is 2.91 bits per heavy atom. The molecule has 0 radical (unpaired) electrons. The van der Waals surface area contributed by atoms with Crippen LogP contribution < -0.4 is 5.73 Å². The second-order valence-corrected chi connectivity index (χ2v) is 4.66. The molecular formula is C15H15FN4O2. The number of carbonyl (C=O) groups excluding carboxylic acids is 1. The topological polar surface area (TPSA) is 93.9 Å². The van der Waals surface area contributed by atoms with E-state index in [1.807, 2.05) is 6.07 Å². The third kappa shape index (κ3) is 2.91. The van der Waals surface area contributed by atoms with Crippen LogP contribution in [0.25, 0.3) is 11.1 Å². The Bertz CT molecular complexity index is 762. The fraction of sp³-hybridized carbons (Fsp3) is 0.267. The van der Waals surface area contributed by atoms with Crippen LogP contribution in [0.2, 0.25) is 0 Å². The lowest BCUT2D eigenvalue weighted by molar-refractivity contribution is -0.142. The summed E-state index contributed by atoms with van der Waals surface area (Å²) in [5.74, 6) is -0.885. The number of aromatic nitrogens is 2. The number of anilines is 1. The highest BCUT2D eigenvalue weighted by Crippen LogP contribution is 2.31. The molecule has 0 aliphatic carbocycles. The Labute approximate surface area is 126 Å². The molecular weight excluding hydrogens is 287 g/mol. The molecule has 2 aromatic rings. The fourth-order valence-corrected chi connectivity index (χ4v) is 2.26. The van der Waals surface area contributed by atoms with Crippen LogP contribution in [0.1, 0.15) is 18.2 Å². The lowest BCUT2D eigenvalue weighted by Crippen LogP contribution is -2.09. The number of pyridine rings is 1. The minimum Gasteiger partial charge on any atom is -0.466 e. The van der Waals surface area contributed by atoms with Crippen molar-refractivity contribution in [2.75, 3.05) is 12.3 Å². The van der Waals surface area contributed by atoms with E-state index in [9.17, 15) is 14.4 Å². The van der Waals surface area contributed by atoms with Crippen molar-refractivity contribution in [3.63, 3.8) is 0 Å². The minimum atomic E-state index is -0.548. The molecule has 7 heteroatoms. The van der Waals surface area contributed by atoms with E-state index in [4.69, 9.17) is 10.5 Å². The molecule has 0 saturated heterocycles. The van der Waals surface area contributed by atoms with E-state index in [2.05, 4.69) is 4.98 Å². The minimum absolute atomic E-state index is 0.0944. The molecule has 0 saturated carbocycles. The smallest absolute Gasteiger partial charge is 0.310 e. The van der Waals surface area contributed by atoms with Gasteiger partial charge in [0.25, 0.3) is 0 Å². The van der Waals surface area contributed by atoms with Crippen molar-refractivity contribution in [3.05, 3.63) is 35.5 Å². The maximum Gasteiger partial charge on any atom is 0.310 e. The normalized spacial score (nSPS) is 10.3. The first-order valence-corrected chi connectivity index (χ1v) is 6.63. The summed E-state index contributed by atoms with van der Waals surface area (Å²) in [5.41, 5.74) is 7.38. The number of ether oxygens (including phenoxy) is 1. The van der Waals surface area contributed by atoms with E-state index in [1.165, 1.54) is 6.07 Å². The van der Waals surface area contributed by atoms with Gasteiger partial charge in [0, 0.05) is 29.9 Å². The first-order valence-electron chi connectivity index (χ1n) is 6.63. The van der Waals surface area contributed by atoms with Gasteiger partial charge in [0.05, 0.1) is 19.2 Å². The number of halogens is 1. The number of hydrogen-bond acceptors (Lipinski definition) is 5. The second-order valence-electron chi connectivity index (χ2n) is 4.66. The van der Waals surface area contributed by atoms with E-state index in [1.54, 1.807) is 24.7 Å². The number of esters is 1. The van der Waals surface area contributed by atoms with Gasteiger partial charge in [-0.25, -0.2) is 9.37 Å². The van der Waals surface area contributed by atoms with Crippen LogP contribution in [-0.2, 0) is 23.0 Å². The molecule has 2 aromatic heterocycles. The van der Waals surface area contributed by atoms with Gasteiger partial charge < -0.3 is 15.0 Å². The van der Waals surface area contributed by atoms with Crippen LogP contribution in [0.15, 0.2) is 18.5 Å². The summed E-state index contributed by atoms with van der Waals surface area (Å²) in [5, 5.41) is 9.28. The molecule has 0 aliphatic heterocycles. The molecule has 0 fully saturated rings. The van der Waals surface area contributed by atoms with Crippen molar-refractivity contribution in [1.29, 1.82) is 5.26 Å². The van der Waals surface area contributed by atoms with Gasteiger partial charge in [-0.2, -0.15) is 5.26 Å². The van der Waals surface area contributed by atoms with Gasteiger partial charge in [0.1, 0.15) is 23.4 Å². The molecule has 0 amide bonds. The van der Waals surface area contributed by atoms with Gasteiger partial charge in [0.2, 0.25) is 0 Å². The van der Waals surface area contributed by atoms with E-state index in [0.717, 1.165) is 6.20 Å². The first kappa shape index (κ1) is 15.5. The Kier molecular flexibility index (Phi) is 4.41. The monoisotopic (exact) mass is 302 g/mol. The largest absolute Gasteiger partial charge is 0.466 e. The quantitative estimate of drug-likeness (QED) is 0.869. The van der Waals surface area contributed by atoms with Gasteiger partial charge in [-0.3, -0.25) is 4.79 Å². The molecule has 0 atom stereocenters. The molecule has 114 valence electrons. The van der Waals surface area contributed by atoms with E-state index in [-0.39, 0.29) is 18.8 Å². The molecule has 0 unspecified atom stereocenters. The number of nitrogen functional groups attached to an aromatic ring is 1. The zero-order valence-electron chi connectivity index (χ0n) is 12.3. The average molecular weight is 302 g/mol. The highest BCUT2D eigenvalue weighted by molar-refractivity contribution is 5.83. The summed E-state index contributed by atoms with van der Waals surface area (Å²) in [7, 11) is 1.67. The Hall–Kier alpha value is -2.88. The molecule has 2 heterocycles. The Morgan fingerprint density at radius 1 is 1.55 bits per heavy atom. The zero-order valence-corrected chi connectivity index (χ0v) is 12.3. The third-order valence-corrected chi connectivity index (χ3v) is 3.19. The number of carbonyl (C=O) groups is 1. The van der Waals surface area contributed by atoms with Crippen LogP contribution in [-0.4, -0.2) is 22.1 Å². The van der Waals surface area contributed by atoms with Crippen molar-refractivity contribution in [2.24, 2.45) is 7.05 Å². The summed E-state index contributed by atoms with van der Waals surface area (Å²) < 4.78 is 19.9. The lowest BCUT2D eigenvalue weighted by Gasteiger charge is -2.07. The van der Waals surface area contributed by atoms with Crippen molar-refractivity contribution in [3.8, 4) is 17.2 Å². The summed E-state index contributed by atoms with van der Waals surface area (Å²) >= 11 is 0. The fourth-order valence-electron chi connectivity index (χ4n) is 2.26. The standard InChI is InChI=1S/C15H15FN4O2/c1-3-22-14(21)5-10-12(8-20(2)13(10)6-17)11-4-9(16)7-19-15(11)18/h4,7-8H,3,5H2,1-2H3,(H2,18,19). The summed E-state index contributed by atoms with van der Waals surface area (Å²) in [6, 6.07) is 3.27. The van der Waals surface area contributed by atoms with Crippen LogP contribution in [0, 0.1) is 17.1 Å². The van der Waals surface area contributed by atoms with Crippen LogP contribution in [0.5, 0.6) is 0 Å². The lowest BCUT2D eigenvalue weighted by atomic mass is 10.0. The Balaban J connectivity index is 2.59. The third-order valence-electron chi connectivity index (χ3n) is 3.19. The van der Waals surface area contributed by atoms with Gasteiger partial charge in [0.15, 0.2) is 0 Å². The maximum absolute atomic E-state index is 13.5. The Morgan fingerprint density at radius 2 is 2.27 bits per heavy atom. The summed E-state index contributed by atoms with van der Waals surface area (Å²) in [4.78, 5) is 15.5. The van der Waals surface area contributed by atoms with E-state index < -0.39 is 11.8 Å². The van der Waals surface area contributed by atoms with Gasteiger partial charge >= 0.3 is 5.97 Å². The average Bonchev–Trinajstić information content (AvgIpc) is 2.77. The number of nitrogens with two attached hydrogens (primary N) is 1. The van der Waals surface area contributed by atoms with E-state index in [0.29, 0.717) is 22.4 Å². The van der Waals surface area contributed by atoms with Crippen LogP contribution in [0.4, 0.5) is 10.2 Å². The molecule has 2 rings (SSSR count). The molecule has 0 aliphatic rings. The number of aryl methyl sites for hydroxylation is 1. The molecule has 6 nitrogen and oxygen atoms in total. The van der Waals surface area contributed by atoms with Crippen LogP contribution in [0.3, 0.4) is 0 Å². The highest BCUT2D eigenvalue weighted by Gasteiger charge is 2.21. The summed E-state index contributed by atoms with van der Waals surface area (Å²) in [6.07, 6.45) is 2.54. The zero-order chi connectivity index (χ0) is 16.3. The number of hydrogen-bond donors (Lipinski definition) is 1. The molecule has 22 heavy (non-hydrogen) atoms. The highest BCUT2D eigenvalue weighted by atomic mass is 19.1. The predicted molar refractivity (Wildman–Crippen MR) is 78.1 cm³/mol. The molecule has 0 spiro atoms. The van der Waals surface area contributed by atoms with Crippen molar-refractivity contribution in [1.82, 2.24) is 9.55 Å². The number of rotatable bonds is 4. The van der Waals surface area contributed by atoms with E-state index >= 15 is 0 Å². The van der Waals surface area contributed by atoms with Crippen LogP contribution >= 0.6 is 0 Å². The molecule has 2 N–H and O–H groups in total. The van der Waals surface area contributed by atoms with Crippen molar-refractivity contribution in [2.45, 2.75) is 13.3 Å². The second kappa shape index (κ2) is 6.26. The number of nitriles is 1. The van der Waals surface area contributed by atoms with Crippen molar-refractivity contribution < 1.29 is 13.9 Å². The summed E-state index contributed by atoms with van der Waals surface area (Å²) in [6.45, 7) is 1.94. The van der Waals surface area contributed by atoms with Gasteiger partial charge in [-0.1, -0.05) is 0 Å². The molecule has 0 aromatic carbocycles. The predicted octanol–water partition coefficient (Wildman–Crippen LogP) is 1.79. The van der Waals surface area contributed by atoms with Gasteiger partial charge in [-0.15, -0.1) is 0 Å². The SMILES string of the molecule is CCOC(=O)Cc1c(-c2cc(F)cnc2N)cn(C)c1C#N. The maximum atomic E-state index is 13.5. The van der Waals surface area contributed by atoms with Gasteiger partial charge in [-0.05, 0) is 13.0 Å². The van der Waals surface area contributed by atoms with Crippen molar-refractivity contribution >= 4 is 11.8 Å². The number of nitrogens with zero attached hydrogens (tertiary/aromatic N) is 3. The molecule has 0 bridgehead atoms. The first-order chi connectivity index (χ1) is 10.5.